The van der Waals surface area contributed by atoms with Gasteiger partial charge in [-0.25, -0.2) is 0 Å². The van der Waals surface area contributed by atoms with Crippen molar-refractivity contribution < 1.29 is 0 Å². The minimum Gasteiger partial charge on any atom is -0.326 e. The van der Waals surface area contributed by atoms with Gasteiger partial charge in [-0.3, -0.25) is 0 Å². The van der Waals surface area contributed by atoms with Gasteiger partial charge in [0.05, 0.1) is 0 Å². The van der Waals surface area contributed by atoms with Crippen molar-refractivity contribution in [2.24, 2.45) is 23.5 Å². The third-order valence-electron chi connectivity index (χ3n) is 9.78. The van der Waals surface area contributed by atoms with Gasteiger partial charge < -0.3 is 5.73 Å². The molecular formula is C28H59BNP. The fourth-order valence-corrected chi connectivity index (χ4v) is 9.00. The van der Waals surface area contributed by atoms with Gasteiger partial charge in [0.2, 0.25) is 0 Å². The summed E-state index contributed by atoms with van der Waals surface area (Å²) in [5.74, 6) is 4.21. The molecule has 0 aromatic carbocycles. The van der Waals surface area contributed by atoms with Gasteiger partial charge in [-0.15, -0.1) is 13.2 Å². The van der Waals surface area contributed by atoms with E-state index in [0.717, 1.165) is 23.6 Å². The van der Waals surface area contributed by atoms with E-state index in [0.29, 0.717) is 11.0 Å². The van der Waals surface area contributed by atoms with Crippen LogP contribution in [0.4, 0.5) is 0 Å². The molecular weight excluding hydrogens is 392 g/mol. The molecule has 2 N–H and O–H groups in total. The quantitative estimate of drug-likeness (QED) is 0.208. The molecule has 1 aliphatic rings. The van der Waals surface area contributed by atoms with E-state index in [1.54, 1.807) is 0 Å². The monoisotopic (exact) mass is 451 g/mol. The van der Waals surface area contributed by atoms with Crippen molar-refractivity contribution in [2.75, 3.05) is 12.8 Å². The van der Waals surface area contributed by atoms with Gasteiger partial charge in [0.25, 0.3) is 0 Å². The van der Waals surface area contributed by atoms with E-state index < -0.39 is 6.89 Å². The van der Waals surface area contributed by atoms with E-state index in [9.17, 15) is 0 Å². The number of nitrogens with two attached hydrogens (primary N) is 1. The first-order valence-corrected chi connectivity index (χ1v) is 16.4. The second-order valence-corrected chi connectivity index (χ2v) is 17.1. The number of hydrogen-bond donors (Lipinski definition) is 1. The van der Waals surface area contributed by atoms with Gasteiger partial charge in [-0.2, -0.15) is 0 Å². The third kappa shape index (κ3) is 8.89. The largest absolute Gasteiger partial charge is 0.326 e. The van der Waals surface area contributed by atoms with Crippen LogP contribution in [0.3, 0.4) is 0 Å². The first-order valence-electron chi connectivity index (χ1n) is 13.8. The average molecular weight is 452 g/mol. The predicted molar refractivity (Wildman–Crippen MR) is 151 cm³/mol. The molecule has 0 heterocycles. The molecule has 1 fully saturated rings. The molecule has 31 heavy (non-hydrogen) atoms. The summed E-state index contributed by atoms with van der Waals surface area (Å²) >= 11 is 0. The lowest BCUT2D eigenvalue weighted by molar-refractivity contribution is 0.221. The van der Waals surface area contributed by atoms with Gasteiger partial charge in [0.15, 0.2) is 0 Å². The van der Waals surface area contributed by atoms with Gasteiger partial charge in [-0.05, 0) is 81.7 Å². The number of rotatable bonds is 14. The molecule has 0 amide bonds. The highest BCUT2D eigenvalue weighted by Crippen LogP contribution is 2.59. The minimum absolute atomic E-state index is 0.0626. The predicted octanol–water partition coefficient (Wildman–Crippen LogP) is 8.44. The molecule has 0 spiro atoms. The Balaban J connectivity index is 2.89. The fraction of sp³-hybridized carbons (Fsp3) is 0.964. The second-order valence-electron chi connectivity index (χ2n) is 12.8. The molecule has 0 aromatic rings. The molecule has 3 heteroatoms. The average Bonchev–Trinajstić information content (AvgIpc) is 2.70. The van der Waals surface area contributed by atoms with E-state index in [-0.39, 0.29) is 5.54 Å². The lowest BCUT2D eigenvalue weighted by Gasteiger charge is -2.43. The molecule has 0 radical (unpaired) electrons. The van der Waals surface area contributed by atoms with E-state index in [4.69, 9.17) is 12.0 Å². The second kappa shape index (κ2) is 12.7. The minimum atomic E-state index is -1.16. The highest BCUT2D eigenvalue weighted by atomic mass is 31.2. The van der Waals surface area contributed by atoms with Crippen molar-refractivity contribution >= 4 is 20.5 Å². The zero-order valence-corrected chi connectivity index (χ0v) is 24.0. The maximum absolute atomic E-state index is 6.51. The Morgan fingerprint density at radius 3 is 2.23 bits per heavy atom. The normalized spacial score (nSPS) is 26.8. The Morgan fingerprint density at radius 1 is 1.10 bits per heavy atom. The van der Waals surface area contributed by atoms with Crippen LogP contribution in [0.15, 0.2) is 0 Å². The van der Waals surface area contributed by atoms with Crippen LogP contribution in [0.1, 0.15) is 120 Å². The Hall–Kier alpha value is 0.325. The maximum Gasteiger partial charge on any atom is 0.129 e. The Labute approximate surface area is 198 Å². The van der Waals surface area contributed by atoms with Crippen molar-refractivity contribution in [2.45, 2.75) is 142 Å². The van der Waals surface area contributed by atoms with Crippen LogP contribution in [0.5, 0.6) is 0 Å². The lowest BCUT2D eigenvalue weighted by Crippen LogP contribution is -2.41. The zero-order chi connectivity index (χ0) is 23.9. The first kappa shape index (κ1) is 29.4. The molecule has 1 saturated carbocycles. The summed E-state index contributed by atoms with van der Waals surface area (Å²) in [6.07, 6.45) is 20.2. The lowest BCUT2D eigenvalue weighted by atomic mass is 9.44. The summed E-state index contributed by atoms with van der Waals surface area (Å²) in [7, 11) is 1.32. The maximum atomic E-state index is 6.51. The van der Waals surface area contributed by atoms with Crippen LogP contribution in [-0.4, -0.2) is 37.1 Å². The van der Waals surface area contributed by atoms with Crippen molar-refractivity contribution in [1.29, 1.82) is 0 Å². The van der Waals surface area contributed by atoms with Gasteiger partial charge in [-0.1, -0.05) is 85.3 Å². The SMILES string of the molecule is C=P(C)(CCC1CC(CC(C)CCCC)CCC1BC(C)C(C)(C)N)C(C)(CC)CC. The van der Waals surface area contributed by atoms with Crippen LogP contribution >= 0.6 is 6.89 Å². The van der Waals surface area contributed by atoms with E-state index >= 15 is 0 Å². The van der Waals surface area contributed by atoms with Gasteiger partial charge in [0, 0.05) is 5.54 Å². The summed E-state index contributed by atoms with van der Waals surface area (Å²) < 4.78 is 0. The summed E-state index contributed by atoms with van der Waals surface area (Å²) in [5, 5.41) is 0.456. The molecule has 0 bridgehead atoms. The number of unbranched alkanes of at least 4 members (excludes halogenated alkanes) is 1. The van der Waals surface area contributed by atoms with E-state index in [1.807, 2.05) is 0 Å². The van der Waals surface area contributed by atoms with Crippen molar-refractivity contribution in [3.8, 4) is 0 Å². The molecule has 6 unspecified atom stereocenters. The van der Waals surface area contributed by atoms with E-state index in [1.165, 1.54) is 77.6 Å². The summed E-state index contributed by atoms with van der Waals surface area (Å²) in [6.45, 7) is 20.3. The Bertz CT molecular complexity index is 548. The Morgan fingerprint density at radius 2 is 1.71 bits per heavy atom. The summed E-state index contributed by atoms with van der Waals surface area (Å²) in [4.78, 5) is 0. The molecule has 1 aliphatic carbocycles. The van der Waals surface area contributed by atoms with Crippen LogP contribution in [0, 0.1) is 17.8 Å². The van der Waals surface area contributed by atoms with Gasteiger partial charge in [0.1, 0.15) is 7.28 Å². The van der Waals surface area contributed by atoms with Gasteiger partial charge >= 0.3 is 0 Å². The zero-order valence-electron chi connectivity index (χ0n) is 23.1. The molecule has 0 aliphatic heterocycles. The smallest absolute Gasteiger partial charge is 0.129 e. The van der Waals surface area contributed by atoms with E-state index in [2.05, 4.69) is 62.1 Å². The highest BCUT2D eigenvalue weighted by molar-refractivity contribution is 7.74. The molecule has 1 nitrogen and oxygen atoms in total. The highest BCUT2D eigenvalue weighted by Gasteiger charge is 2.37. The fourth-order valence-electron chi connectivity index (χ4n) is 6.03. The standard InChI is InChI=1S/C28H59BNP/c1-11-14-15-22(4)20-24-16-17-26(29-23(5)27(6,7)30)25(21-24)18-19-31(9,10)28(8,12-2)13-3/h22-26,29H,9,11-21,30H2,1-8,10H3. The Kier molecular flexibility index (Phi) is 12.0. The van der Waals surface area contributed by atoms with Crippen LogP contribution in [0.25, 0.3) is 0 Å². The van der Waals surface area contributed by atoms with Crippen molar-refractivity contribution in [3.05, 3.63) is 0 Å². The first-order chi connectivity index (χ1) is 14.3. The van der Waals surface area contributed by atoms with Crippen LogP contribution in [0.2, 0.25) is 11.6 Å². The third-order valence-corrected chi connectivity index (χ3v) is 14.3. The summed E-state index contributed by atoms with van der Waals surface area (Å²) in [6, 6.07) is 0. The van der Waals surface area contributed by atoms with Crippen molar-refractivity contribution in [3.63, 3.8) is 0 Å². The number of hydrogen-bond acceptors (Lipinski definition) is 1. The topological polar surface area (TPSA) is 26.0 Å². The molecule has 6 atom stereocenters. The molecule has 1 rings (SSSR count). The van der Waals surface area contributed by atoms with Crippen molar-refractivity contribution in [1.82, 2.24) is 0 Å². The molecule has 184 valence electrons. The summed E-state index contributed by atoms with van der Waals surface area (Å²) in [5.41, 5.74) is 6.45. The molecule has 0 saturated heterocycles. The van der Waals surface area contributed by atoms with Crippen LogP contribution in [-0.2, 0) is 0 Å². The van der Waals surface area contributed by atoms with Crippen LogP contribution < -0.4 is 5.73 Å². The molecule has 0 aromatic heterocycles.